The SMILES string of the molecule is Clc1cccc(Nc2ccnc(Nc3ccccc3)n2)c1. The molecular weight excluding hydrogens is 284 g/mol. The van der Waals surface area contributed by atoms with Crippen molar-refractivity contribution in [2.75, 3.05) is 10.6 Å². The zero-order valence-corrected chi connectivity index (χ0v) is 11.9. The Morgan fingerprint density at radius 3 is 2.43 bits per heavy atom. The van der Waals surface area contributed by atoms with Crippen LogP contribution < -0.4 is 10.6 Å². The summed E-state index contributed by atoms with van der Waals surface area (Å²) >= 11 is 5.96. The first-order chi connectivity index (χ1) is 10.3. The lowest BCUT2D eigenvalue weighted by Crippen LogP contribution is -2.00. The van der Waals surface area contributed by atoms with Gasteiger partial charge in [0.05, 0.1) is 0 Å². The Hall–Kier alpha value is -2.59. The third kappa shape index (κ3) is 3.70. The van der Waals surface area contributed by atoms with Crippen molar-refractivity contribution >= 4 is 34.7 Å². The molecule has 0 saturated heterocycles. The molecule has 2 aromatic carbocycles. The minimum absolute atomic E-state index is 0.535. The summed E-state index contributed by atoms with van der Waals surface area (Å²) in [5.74, 6) is 1.24. The predicted octanol–water partition coefficient (Wildman–Crippen LogP) is 4.62. The molecule has 104 valence electrons. The molecule has 0 aliphatic carbocycles. The van der Waals surface area contributed by atoms with Gasteiger partial charge in [-0.3, -0.25) is 0 Å². The van der Waals surface area contributed by atoms with Gasteiger partial charge in [0, 0.05) is 22.6 Å². The van der Waals surface area contributed by atoms with E-state index in [-0.39, 0.29) is 0 Å². The lowest BCUT2D eigenvalue weighted by atomic mass is 10.3. The summed E-state index contributed by atoms with van der Waals surface area (Å²) < 4.78 is 0. The van der Waals surface area contributed by atoms with Crippen LogP contribution in [0.25, 0.3) is 0 Å². The first-order valence-electron chi connectivity index (χ1n) is 6.47. The number of halogens is 1. The fourth-order valence-electron chi connectivity index (χ4n) is 1.85. The third-order valence-electron chi connectivity index (χ3n) is 2.78. The third-order valence-corrected chi connectivity index (χ3v) is 3.02. The van der Waals surface area contributed by atoms with Crippen LogP contribution in [0.5, 0.6) is 0 Å². The zero-order valence-electron chi connectivity index (χ0n) is 11.1. The summed E-state index contributed by atoms with van der Waals surface area (Å²) in [6, 6.07) is 19.1. The Morgan fingerprint density at radius 2 is 1.62 bits per heavy atom. The molecule has 21 heavy (non-hydrogen) atoms. The van der Waals surface area contributed by atoms with Crippen LogP contribution in [0.15, 0.2) is 66.9 Å². The molecule has 0 aliphatic rings. The molecule has 0 fully saturated rings. The van der Waals surface area contributed by atoms with Gasteiger partial charge >= 0.3 is 0 Å². The number of nitrogens with one attached hydrogen (secondary N) is 2. The van der Waals surface area contributed by atoms with Crippen LogP contribution in [0.3, 0.4) is 0 Å². The van der Waals surface area contributed by atoms with Gasteiger partial charge in [-0.1, -0.05) is 35.9 Å². The van der Waals surface area contributed by atoms with E-state index in [2.05, 4.69) is 20.6 Å². The Balaban J connectivity index is 1.77. The number of hydrogen-bond acceptors (Lipinski definition) is 4. The number of nitrogens with zero attached hydrogens (tertiary/aromatic N) is 2. The van der Waals surface area contributed by atoms with Crippen molar-refractivity contribution in [1.82, 2.24) is 9.97 Å². The van der Waals surface area contributed by atoms with E-state index in [9.17, 15) is 0 Å². The first kappa shape index (κ1) is 13.4. The molecule has 0 amide bonds. The van der Waals surface area contributed by atoms with Crippen molar-refractivity contribution in [3.8, 4) is 0 Å². The topological polar surface area (TPSA) is 49.8 Å². The zero-order chi connectivity index (χ0) is 14.5. The molecule has 0 bridgehead atoms. The lowest BCUT2D eigenvalue weighted by Gasteiger charge is -2.08. The summed E-state index contributed by atoms with van der Waals surface area (Å²) in [6.07, 6.45) is 1.70. The maximum Gasteiger partial charge on any atom is 0.229 e. The molecule has 1 aromatic heterocycles. The molecule has 0 saturated carbocycles. The molecule has 0 spiro atoms. The highest BCUT2D eigenvalue weighted by molar-refractivity contribution is 6.30. The molecular formula is C16H13ClN4. The summed E-state index contributed by atoms with van der Waals surface area (Å²) in [5.41, 5.74) is 1.82. The van der Waals surface area contributed by atoms with E-state index in [1.807, 2.05) is 54.6 Å². The molecule has 1 heterocycles. The highest BCUT2D eigenvalue weighted by Gasteiger charge is 2.01. The standard InChI is InChI=1S/C16H13ClN4/c17-12-5-4-8-14(11-12)19-15-9-10-18-16(21-15)20-13-6-2-1-3-7-13/h1-11H,(H2,18,19,20,21). The highest BCUT2D eigenvalue weighted by atomic mass is 35.5. The quantitative estimate of drug-likeness (QED) is 0.738. The minimum Gasteiger partial charge on any atom is -0.340 e. The maximum absolute atomic E-state index is 5.96. The van der Waals surface area contributed by atoms with E-state index in [1.54, 1.807) is 12.3 Å². The number of rotatable bonds is 4. The first-order valence-corrected chi connectivity index (χ1v) is 6.85. The number of aromatic nitrogens is 2. The average Bonchev–Trinajstić information content (AvgIpc) is 2.49. The van der Waals surface area contributed by atoms with Crippen LogP contribution in [-0.4, -0.2) is 9.97 Å². The van der Waals surface area contributed by atoms with Crippen molar-refractivity contribution in [3.63, 3.8) is 0 Å². The van der Waals surface area contributed by atoms with E-state index in [0.29, 0.717) is 16.8 Å². The Kier molecular flexibility index (Phi) is 3.98. The van der Waals surface area contributed by atoms with Gasteiger partial charge < -0.3 is 10.6 Å². The van der Waals surface area contributed by atoms with E-state index >= 15 is 0 Å². The van der Waals surface area contributed by atoms with Gasteiger partial charge in [-0.25, -0.2) is 4.98 Å². The fraction of sp³-hybridized carbons (Fsp3) is 0. The van der Waals surface area contributed by atoms with Gasteiger partial charge in [0.2, 0.25) is 5.95 Å². The van der Waals surface area contributed by atoms with Gasteiger partial charge in [0.15, 0.2) is 0 Å². The predicted molar refractivity (Wildman–Crippen MR) is 86.5 cm³/mol. The van der Waals surface area contributed by atoms with Crippen molar-refractivity contribution < 1.29 is 0 Å². The molecule has 0 radical (unpaired) electrons. The van der Waals surface area contributed by atoms with Gasteiger partial charge in [0.1, 0.15) is 5.82 Å². The molecule has 3 aromatic rings. The van der Waals surface area contributed by atoms with Crippen LogP contribution >= 0.6 is 11.6 Å². The molecule has 5 heteroatoms. The number of hydrogen-bond donors (Lipinski definition) is 2. The maximum atomic E-state index is 5.96. The van der Waals surface area contributed by atoms with Crippen LogP contribution in [0.4, 0.5) is 23.1 Å². The Bertz CT molecular complexity index is 731. The molecule has 2 N–H and O–H groups in total. The number of para-hydroxylation sites is 1. The van der Waals surface area contributed by atoms with E-state index < -0.39 is 0 Å². The average molecular weight is 297 g/mol. The second kappa shape index (κ2) is 6.24. The second-order valence-corrected chi connectivity index (χ2v) is 4.83. The van der Waals surface area contributed by atoms with E-state index in [1.165, 1.54) is 0 Å². The molecule has 0 atom stereocenters. The second-order valence-electron chi connectivity index (χ2n) is 4.39. The van der Waals surface area contributed by atoms with Crippen molar-refractivity contribution in [2.45, 2.75) is 0 Å². The van der Waals surface area contributed by atoms with Gasteiger partial charge in [-0.05, 0) is 36.4 Å². The Morgan fingerprint density at radius 1 is 0.810 bits per heavy atom. The Labute approximate surface area is 127 Å². The number of anilines is 4. The van der Waals surface area contributed by atoms with Crippen molar-refractivity contribution in [3.05, 3.63) is 71.9 Å². The molecule has 0 aliphatic heterocycles. The van der Waals surface area contributed by atoms with Gasteiger partial charge in [-0.2, -0.15) is 4.98 Å². The van der Waals surface area contributed by atoms with E-state index in [4.69, 9.17) is 11.6 Å². The fourth-order valence-corrected chi connectivity index (χ4v) is 2.04. The molecule has 4 nitrogen and oxygen atoms in total. The minimum atomic E-state index is 0.535. The van der Waals surface area contributed by atoms with Gasteiger partial charge in [-0.15, -0.1) is 0 Å². The normalized spacial score (nSPS) is 10.1. The lowest BCUT2D eigenvalue weighted by molar-refractivity contribution is 1.17. The van der Waals surface area contributed by atoms with Crippen LogP contribution in [0, 0.1) is 0 Å². The summed E-state index contributed by atoms with van der Waals surface area (Å²) in [4.78, 5) is 8.62. The molecule has 3 rings (SSSR count). The van der Waals surface area contributed by atoms with Crippen molar-refractivity contribution in [1.29, 1.82) is 0 Å². The van der Waals surface area contributed by atoms with Crippen LogP contribution in [-0.2, 0) is 0 Å². The monoisotopic (exact) mass is 296 g/mol. The van der Waals surface area contributed by atoms with Gasteiger partial charge in [0.25, 0.3) is 0 Å². The highest BCUT2D eigenvalue weighted by Crippen LogP contribution is 2.20. The number of benzene rings is 2. The smallest absolute Gasteiger partial charge is 0.229 e. The van der Waals surface area contributed by atoms with Crippen molar-refractivity contribution in [2.24, 2.45) is 0 Å². The largest absolute Gasteiger partial charge is 0.340 e. The van der Waals surface area contributed by atoms with Crippen LogP contribution in [0.2, 0.25) is 5.02 Å². The molecule has 0 unspecified atom stereocenters. The summed E-state index contributed by atoms with van der Waals surface area (Å²) in [7, 11) is 0. The summed E-state index contributed by atoms with van der Waals surface area (Å²) in [5, 5.41) is 7.03. The van der Waals surface area contributed by atoms with E-state index in [0.717, 1.165) is 11.4 Å². The summed E-state index contributed by atoms with van der Waals surface area (Å²) in [6.45, 7) is 0. The van der Waals surface area contributed by atoms with Crippen LogP contribution in [0.1, 0.15) is 0 Å².